The zero-order valence-electron chi connectivity index (χ0n) is 14.7. The standard InChI is InChI=1S/C18H40NO/c1-5-9-10-11-12-13-14-15-16-18(20)17-19(6-2,7-3)8-4/h18,20H,5-17H2,1-4H3/q+1. The van der Waals surface area contributed by atoms with Gasteiger partial charge in [-0.05, 0) is 27.2 Å². The quantitative estimate of drug-likeness (QED) is 0.361. The van der Waals surface area contributed by atoms with Crippen LogP contribution in [-0.4, -0.2) is 41.9 Å². The first-order valence-corrected chi connectivity index (χ1v) is 9.17. The van der Waals surface area contributed by atoms with Crippen molar-refractivity contribution in [1.82, 2.24) is 0 Å². The van der Waals surface area contributed by atoms with Gasteiger partial charge in [0.25, 0.3) is 0 Å². The van der Waals surface area contributed by atoms with Crippen LogP contribution in [0, 0.1) is 0 Å². The lowest BCUT2D eigenvalue weighted by atomic mass is 10.0. The van der Waals surface area contributed by atoms with Crippen LogP contribution in [0.1, 0.15) is 85.5 Å². The molecule has 0 bridgehead atoms. The Morgan fingerprint density at radius 1 is 0.700 bits per heavy atom. The Morgan fingerprint density at radius 2 is 1.15 bits per heavy atom. The van der Waals surface area contributed by atoms with Crippen LogP contribution in [0.4, 0.5) is 0 Å². The maximum atomic E-state index is 10.2. The van der Waals surface area contributed by atoms with Gasteiger partial charge in [-0.15, -0.1) is 0 Å². The molecule has 0 aliphatic heterocycles. The van der Waals surface area contributed by atoms with Crippen LogP contribution in [0.3, 0.4) is 0 Å². The largest absolute Gasteiger partial charge is 0.387 e. The molecule has 122 valence electrons. The Morgan fingerprint density at radius 3 is 1.60 bits per heavy atom. The summed E-state index contributed by atoms with van der Waals surface area (Å²) in [7, 11) is 0. The van der Waals surface area contributed by atoms with Crippen LogP contribution in [0.2, 0.25) is 0 Å². The second-order valence-corrected chi connectivity index (χ2v) is 6.39. The highest BCUT2D eigenvalue weighted by atomic mass is 16.3. The molecule has 0 heterocycles. The maximum Gasteiger partial charge on any atom is 0.105 e. The van der Waals surface area contributed by atoms with Gasteiger partial charge in [-0.1, -0.05) is 58.3 Å². The first-order chi connectivity index (χ1) is 9.64. The minimum Gasteiger partial charge on any atom is -0.387 e. The van der Waals surface area contributed by atoms with E-state index in [1.165, 1.54) is 51.4 Å². The lowest BCUT2D eigenvalue weighted by molar-refractivity contribution is -0.926. The van der Waals surface area contributed by atoms with Gasteiger partial charge in [-0.3, -0.25) is 0 Å². The van der Waals surface area contributed by atoms with Crippen molar-refractivity contribution in [1.29, 1.82) is 0 Å². The second kappa shape index (κ2) is 12.6. The molecule has 0 radical (unpaired) electrons. The lowest BCUT2D eigenvalue weighted by Gasteiger charge is -2.37. The van der Waals surface area contributed by atoms with Gasteiger partial charge in [0.05, 0.1) is 19.6 Å². The van der Waals surface area contributed by atoms with E-state index >= 15 is 0 Å². The number of hydrogen-bond donors (Lipinski definition) is 1. The van der Waals surface area contributed by atoms with Crippen LogP contribution >= 0.6 is 0 Å². The second-order valence-electron chi connectivity index (χ2n) is 6.39. The number of unbranched alkanes of at least 4 members (excludes halogenated alkanes) is 7. The number of aliphatic hydroxyl groups excluding tert-OH is 1. The highest BCUT2D eigenvalue weighted by molar-refractivity contribution is 4.57. The molecule has 0 aromatic rings. The summed E-state index contributed by atoms with van der Waals surface area (Å²) in [4.78, 5) is 0. The third-order valence-electron chi connectivity index (χ3n) is 5.00. The molecule has 0 spiro atoms. The zero-order valence-corrected chi connectivity index (χ0v) is 14.7. The minimum atomic E-state index is -0.102. The van der Waals surface area contributed by atoms with Gasteiger partial charge in [0.15, 0.2) is 0 Å². The molecule has 20 heavy (non-hydrogen) atoms. The van der Waals surface area contributed by atoms with Gasteiger partial charge < -0.3 is 9.59 Å². The van der Waals surface area contributed by atoms with E-state index < -0.39 is 0 Å². The highest BCUT2D eigenvalue weighted by Gasteiger charge is 2.24. The Kier molecular flexibility index (Phi) is 12.6. The van der Waals surface area contributed by atoms with E-state index in [1.54, 1.807) is 0 Å². The van der Waals surface area contributed by atoms with E-state index in [1.807, 2.05) is 0 Å². The van der Waals surface area contributed by atoms with Crippen molar-refractivity contribution in [3.8, 4) is 0 Å². The number of nitrogens with zero attached hydrogens (tertiary/aromatic N) is 1. The van der Waals surface area contributed by atoms with Crippen molar-refractivity contribution in [3.05, 3.63) is 0 Å². The lowest BCUT2D eigenvalue weighted by Crippen LogP contribution is -2.51. The van der Waals surface area contributed by atoms with Crippen molar-refractivity contribution in [2.24, 2.45) is 0 Å². The Bertz CT molecular complexity index is 193. The van der Waals surface area contributed by atoms with Crippen LogP contribution in [0.25, 0.3) is 0 Å². The third kappa shape index (κ3) is 8.97. The number of likely N-dealkylation sites (N-methyl/N-ethyl adjacent to an activating group) is 1. The molecule has 0 amide bonds. The summed E-state index contributed by atoms with van der Waals surface area (Å²) in [5, 5.41) is 10.2. The number of hydrogen-bond acceptors (Lipinski definition) is 1. The molecule has 2 heteroatoms. The van der Waals surface area contributed by atoms with Crippen molar-refractivity contribution in [3.63, 3.8) is 0 Å². The normalized spacial score (nSPS) is 13.7. The van der Waals surface area contributed by atoms with Gasteiger partial charge in [-0.2, -0.15) is 0 Å². The summed E-state index contributed by atoms with van der Waals surface area (Å²) >= 11 is 0. The van der Waals surface area contributed by atoms with Gasteiger partial charge in [0.1, 0.15) is 12.6 Å². The van der Waals surface area contributed by atoms with Crippen molar-refractivity contribution in [2.45, 2.75) is 91.6 Å². The molecule has 0 aromatic carbocycles. The SMILES string of the molecule is CCCCCCCCCCC(O)C[N+](CC)(CC)CC. The molecule has 0 rings (SSSR count). The zero-order chi connectivity index (χ0) is 15.3. The monoisotopic (exact) mass is 286 g/mol. The van der Waals surface area contributed by atoms with E-state index in [0.29, 0.717) is 0 Å². The first-order valence-electron chi connectivity index (χ1n) is 9.17. The van der Waals surface area contributed by atoms with Crippen molar-refractivity contribution in [2.75, 3.05) is 26.2 Å². The smallest absolute Gasteiger partial charge is 0.105 e. The predicted molar refractivity (Wildman–Crippen MR) is 90.0 cm³/mol. The molecule has 0 aromatic heterocycles. The fraction of sp³-hybridized carbons (Fsp3) is 1.00. The molecule has 1 N–H and O–H groups in total. The number of quaternary nitrogens is 1. The van der Waals surface area contributed by atoms with Crippen LogP contribution in [0.15, 0.2) is 0 Å². The number of rotatable bonds is 14. The average Bonchev–Trinajstić information content (AvgIpc) is 2.47. The maximum absolute atomic E-state index is 10.2. The molecule has 0 fully saturated rings. The molecule has 1 unspecified atom stereocenters. The summed E-state index contributed by atoms with van der Waals surface area (Å²) in [6, 6.07) is 0. The minimum absolute atomic E-state index is 0.102. The van der Waals surface area contributed by atoms with Crippen LogP contribution in [0.5, 0.6) is 0 Å². The molecule has 0 aliphatic carbocycles. The van der Waals surface area contributed by atoms with E-state index in [4.69, 9.17) is 0 Å². The van der Waals surface area contributed by atoms with E-state index in [2.05, 4.69) is 27.7 Å². The molecular weight excluding hydrogens is 246 g/mol. The van der Waals surface area contributed by atoms with Gasteiger partial charge in [-0.25, -0.2) is 0 Å². The predicted octanol–water partition coefficient (Wildman–Crippen LogP) is 4.75. The first kappa shape index (κ1) is 19.9. The number of aliphatic hydroxyl groups is 1. The Labute approximate surface area is 128 Å². The van der Waals surface area contributed by atoms with Crippen LogP contribution < -0.4 is 0 Å². The van der Waals surface area contributed by atoms with Crippen molar-refractivity contribution >= 4 is 0 Å². The average molecular weight is 287 g/mol. The van der Waals surface area contributed by atoms with Crippen molar-refractivity contribution < 1.29 is 9.59 Å². The Hall–Kier alpha value is -0.0800. The fourth-order valence-corrected chi connectivity index (χ4v) is 3.11. The van der Waals surface area contributed by atoms with E-state index in [-0.39, 0.29) is 6.10 Å². The highest BCUT2D eigenvalue weighted by Crippen LogP contribution is 2.14. The molecule has 0 aliphatic rings. The molecular formula is C18H40NO+. The summed E-state index contributed by atoms with van der Waals surface area (Å²) in [6.07, 6.45) is 11.7. The van der Waals surface area contributed by atoms with Gasteiger partial charge >= 0.3 is 0 Å². The van der Waals surface area contributed by atoms with Crippen LogP contribution in [-0.2, 0) is 0 Å². The molecule has 2 nitrogen and oxygen atoms in total. The topological polar surface area (TPSA) is 20.2 Å². The summed E-state index contributed by atoms with van der Waals surface area (Å²) in [5.74, 6) is 0. The molecule has 0 saturated heterocycles. The summed E-state index contributed by atoms with van der Waals surface area (Å²) in [6.45, 7) is 13.4. The molecule has 0 saturated carbocycles. The fourth-order valence-electron chi connectivity index (χ4n) is 3.11. The summed E-state index contributed by atoms with van der Waals surface area (Å²) < 4.78 is 1.07. The van der Waals surface area contributed by atoms with E-state index in [0.717, 1.165) is 37.1 Å². The third-order valence-corrected chi connectivity index (χ3v) is 5.00. The summed E-state index contributed by atoms with van der Waals surface area (Å²) in [5.41, 5.74) is 0. The van der Waals surface area contributed by atoms with Gasteiger partial charge in [0, 0.05) is 0 Å². The van der Waals surface area contributed by atoms with E-state index in [9.17, 15) is 5.11 Å². The molecule has 1 atom stereocenters. The Balaban J connectivity index is 3.60. The van der Waals surface area contributed by atoms with Gasteiger partial charge in [0.2, 0.25) is 0 Å².